The van der Waals surface area contributed by atoms with Crippen molar-refractivity contribution in [2.45, 2.75) is 13.0 Å². The lowest BCUT2D eigenvalue weighted by Crippen LogP contribution is -2.26. The van der Waals surface area contributed by atoms with Crippen molar-refractivity contribution in [3.8, 4) is 5.82 Å². The number of carbonyl (C=O) groups excluding carboxylic acids is 1. The lowest BCUT2D eigenvalue weighted by Gasteiger charge is -2.10. The Morgan fingerprint density at radius 3 is 3.05 bits per heavy atom. The standard InChI is InChI=1S/C13H17N5O/c1-14-6-4-12(19)17-9-11-3-2-5-16-13(11)18-8-7-15-10-18/h2-3,5,7-8,10,14H,4,6,9H2,1H3,(H,17,19). The minimum atomic E-state index is 0.0229. The lowest BCUT2D eigenvalue weighted by molar-refractivity contribution is -0.121. The van der Waals surface area contributed by atoms with Crippen LogP contribution in [0.25, 0.3) is 5.82 Å². The molecule has 2 aromatic rings. The summed E-state index contributed by atoms with van der Waals surface area (Å²) in [5.41, 5.74) is 0.957. The summed E-state index contributed by atoms with van der Waals surface area (Å²) >= 11 is 0. The Hall–Kier alpha value is -2.21. The van der Waals surface area contributed by atoms with Crippen LogP contribution in [0.3, 0.4) is 0 Å². The van der Waals surface area contributed by atoms with Crippen molar-refractivity contribution < 1.29 is 4.79 Å². The summed E-state index contributed by atoms with van der Waals surface area (Å²) in [6, 6.07) is 3.80. The van der Waals surface area contributed by atoms with Gasteiger partial charge in [0, 0.05) is 43.7 Å². The summed E-state index contributed by atoms with van der Waals surface area (Å²) in [4.78, 5) is 19.9. The molecule has 6 nitrogen and oxygen atoms in total. The molecule has 0 radical (unpaired) electrons. The fourth-order valence-corrected chi connectivity index (χ4v) is 1.71. The van der Waals surface area contributed by atoms with Crippen molar-refractivity contribution in [3.63, 3.8) is 0 Å². The van der Waals surface area contributed by atoms with Crippen LogP contribution < -0.4 is 10.6 Å². The summed E-state index contributed by atoms with van der Waals surface area (Å²) in [7, 11) is 1.82. The van der Waals surface area contributed by atoms with E-state index in [0.717, 1.165) is 11.4 Å². The van der Waals surface area contributed by atoms with Gasteiger partial charge in [0.25, 0.3) is 0 Å². The molecule has 0 saturated carbocycles. The number of hydrogen-bond donors (Lipinski definition) is 2. The number of amides is 1. The van der Waals surface area contributed by atoms with Crippen molar-refractivity contribution in [3.05, 3.63) is 42.6 Å². The highest BCUT2D eigenvalue weighted by Crippen LogP contribution is 2.10. The van der Waals surface area contributed by atoms with E-state index in [-0.39, 0.29) is 5.91 Å². The molecule has 1 amide bonds. The van der Waals surface area contributed by atoms with E-state index in [4.69, 9.17) is 0 Å². The molecule has 2 N–H and O–H groups in total. The van der Waals surface area contributed by atoms with Crippen molar-refractivity contribution in [2.75, 3.05) is 13.6 Å². The van der Waals surface area contributed by atoms with Gasteiger partial charge in [-0.05, 0) is 13.1 Å². The van der Waals surface area contributed by atoms with Crippen molar-refractivity contribution in [1.82, 2.24) is 25.2 Å². The van der Waals surface area contributed by atoms with Crippen molar-refractivity contribution in [1.29, 1.82) is 0 Å². The molecule has 100 valence electrons. The van der Waals surface area contributed by atoms with E-state index in [9.17, 15) is 4.79 Å². The van der Waals surface area contributed by atoms with Crippen LogP contribution in [0.5, 0.6) is 0 Å². The topological polar surface area (TPSA) is 71.8 Å². The van der Waals surface area contributed by atoms with Crippen LogP contribution in [0.15, 0.2) is 37.1 Å². The second-order valence-electron chi connectivity index (χ2n) is 4.09. The van der Waals surface area contributed by atoms with Crippen LogP contribution in [0.1, 0.15) is 12.0 Å². The molecule has 0 spiro atoms. The third-order valence-corrected chi connectivity index (χ3v) is 2.69. The van der Waals surface area contributed by atoms with E-state index >= 15 is 0 Å². The zero-order chi connectivity index (χ0) is 13.5. The van der Waals surface area contributed by atoms with Gasteiger partial charge >= 0.3 is 0 Å². The monoisotopic (exact) mass is 259 g/mol. The Morgan fingerprint density at radius 1 is 1.42 bits per heavy atom. The molecule has 0 aliphatic rings. The summed E-state index contributed by atoms with van der Waals surface area (Å²) in [6.07, 6.45) is 7.41. The van der Waals surface area contributed by atoms with E-state index in [0.29, 0.717) is 19.5 Å². The first-order chi connectivity index (χ1) is 9.31. The minimum absolute atomic E-state index is 0.0229. The van der Waals surface area contributed by atoms with E-state index in [1.165, 1.54) is 0 Å². The highest BCUT2D eigenvalue weighted by molar-refractivity contribution is 5.76. The average Bonchev–Trinajstić information content (AvgIpc) is 2.97. The highest BCUT2D eigenvalue weighted by Gasteiger charge is 2.06. The second kappa shape index (κ2) is 6.65. The maximum atomic E-state index is 11.6. The first kappa shape index (κ1) is 13.2. The number of carbonyl (C=O) groups is 1. The molecule has 0 unspecified atom stereocenters. The van der Waals surface area contributed by atoms with Gasteiger partial charge in [-0.1, -0.05) is 6.07 Å². The molecular weight excluding hydrogens is 242 g/mol. The third-order valence-electron chi connectivity index (χ3n) is 2.69. The van der Waals surface area contributed by atoms with E-state index < -0.39 is 0 Å². The number of aromatic nitrogens is 3. The van der Waals surface area contributed by atoms with Crippen molar-refractivity contribution in [2.24, 2.45) is 0 Å². The summed E-state index contributed by atoms with van der Waals surface area (Å²) in [6.45, 7) is 1.14. The van der Waals surface area contributed by atoms with Gasteiger partial charge in [-0.25, -0.2) is 9.97 Å². The fraction of sp³-hybridized carbons (Fsp3) is 0.308. The summed E-state index contributed by atoms with van der Waals surface area (Å²) in [5.74, 6) is 0.809. The number of nitrogens with zero attached hydrogens (tertiary/aromatic N) is 3. The zero-order valence-corrected chi connectivity index (χ0v) is 10.8. The van der Waals surface area contributed by atoms with Crippen LogP contribution in [0.4, 0.5) is 0 Å². The first-order valence-electron chi connectivity index (χ1n) is 6.15. The number of imidazole rings is 1. The largest absolute Gasteiger partial charge is 0.352 e. The lowest BCUT2D eigenvalue weighted by atomic mass is 10.2. The molecule has 0 atom stereocenters. The summed E-state index contributed by atoms with van der Waals surface area (Å²) < 4.78 is 1.83. The number of pyridine rings is 1. The van der Waals surface area contributed by atoms with Crippen LogP contribution in [-0.4, -0.2) is 34.0 Å². The van der Waals surface area contributed by atoms with Gasteiger partial charge in [-0.15, -0.1) is 0 Å². The average molecular weight is 259 g/mol. The molecule has 2 heterocycles. The van der Waals surface area contributed by atoms with Crippen LogP contribution in [0, 0.1) is 0 Å². The van der Waals surface area contributed by atoms with Gasteiger partial charge in [0.05, 0.1) is 0 Å². The van der Waals surface area contributed by atoms with Gasteiger partial charge in [-0.3, -0.25) is 9.36 Å². The first-order valence-corrected chi connectivity index (χ1v) is 6.15. The quantitative estimate of drug-likeness (QED) is 0.792. The van der Waals surface area contributed by atoms with Gasteiger partial charge in [-0.2, -0.15) is 0 Å². The fourth-order valence-electron chi connectivity index (χ4n) is 1.71. The molecule has 2 rings (SSSR count). The predicted octanol–water partition coefficient (Wildman–Crippen LogP) is 0.493. The minimum Gasteiger partial charge on any atom is -0.352 e. The van der Waals surface area contributed by atoms with Crippen LogP contribution >= 0.6 is 0 Å². The molecule has 0 fully saturated rings. The Balaban J connectivity index is 2.03. The zero-order valence-electron chi connectivity index (χ0n) is 10.8. The molecule has 0 aromatic carbocycles. The molecule has 0 aliphatic carbocycles. The molecule has 0 aliphatic heterocycles. The van der Waals surface area contributed by atoms with Gasteiger partial charge in [0.2, 0.25) is 5.91 Å². The number of hydrogen-bond acceptors (Lipinski definition) is 4. The van der Waals surface area contributed by atoms with E-state index in [1.54, 1.807) is 18.7 Å². The number of rotatable bonds is 6. The normalized spacial score (nSPS) is 10.4. The maximum absolute atomic E-state index is 11.6. The second-order valence-corrected chi connectivity index (χ2v) is 4.09. The van der Waals surface area contributed by atoms with Gasteiger partial charge < -0.3 is 10.6 Å². The van der Waals surface area contributed by atoms with Gasteiger partial charge in [0.1, 0.15) is 12.1 Å². The SMILES string of the molecule is CNCCC(=O)NCc1cccnc1-n1ccnc1. The Morgan fingerprint density at radius 2 is 2.32 bits per heavy atom. The summed E-state index contributed by atoms with van der Waals surface area (Å²) in [5, 5.41) is 5.83. The maximum Gasteiger partial charge on any atom is 0.221 e. The smallest absolute Gasteiger partial charge is 0.221 e. The molecular formula is C13H17N5O. The Labute approximate surface area is 111 Å². The molecule has 0 saturated heterocycles. The highest BCUT2D eigenvalue weighted by atomic mass is 16.1. The van der Waals surface area contributed by atoms with Crippen LogP contribution in [0.2, 0.25) is 0 Å². The third kappa shape index (κ3) is 3.62. The Bertz CT molecular complexity index is 524. The molecule has 6 heteroatoms. The Kier molecular flexibility index (Phi) is 4.63. The van der Waals surface area contributed by atoms with Crippen molar-refractivity contribution >= 4 is 5.91 Å². The molecule has 0 bridgehead atoms. The van der Waals surface area contributed by atoms with Gasteiger partial charge in [0.15, 0.2) is 0 Å². The molecule has 2 aromatic heterocycles. The van der Waals surface area contributed by atoms with Crippen LogP contribution in [-0.2, 0) is 11.3 Å². The number of nitrogens with one attached hydrogen (secondary N) is 2. The van der Waals surface area contributed by atoms with E-state index in [2.05, 4.69) is 20.6 Å². The molecule has 19 heavy (non-hydrogen) atoms. The van der Waals surface area contributed by atoms with E-state index in [1.807, 2.05) is 29.9 Å². The predicted molar refractivity (Wildman–Crippen MR) is 71.7 cm³/mol.